The third-order valence-electron chi connectivity index (χ3n) is 7.88. The molecule has 0 aliphatic heterocycles. The maximum Gasteiger partial charge on any atom is 0.243 e. The van der Waals surface area contributed by atoms with Gasteiger partial charge in [-0.05, 0) is 48.8 Å². The molecule has 45 heavy (non-hydrogen) atoms. The van der Waals surface area contributed by atoms with E-state index in [0.717, 1.165) is 18.4 Å². The molecule has 0 spiro atoms. The van der Waals surface area contributed by atoms with Crippen LogP contribution in [-0.4, -0.2) is 57.9 Å². The van der Waals surface area contributed by atoms with Crippen molar-refractivity contribution >= 4 is 23.6 Å². The number of rotatable bonds is 20. The van der Waals surface area contributed by atoms with Gasteiger partial charge in [0.2, 0.25) is 23.6 Å². The van der Waals surface area contributed by atoms with Gasteiger partial charge in [-0.1, -0.05) is 90.3 Å². The predicted molar refractivity (Wildman–Crippen MR) is 176 cm³/mol. The van der Waals surface area contributed by atoms with Crippen molar-refractivity contribution in [3.05, 3.63) is 66.0 Å². The molecule has 0 saturated heterocycles. The number of aliphatic hydroxyl groups is 1. The molecule has 0 saturated carbocycles. The Morgan fingerprint density at radius 2 is 1.58 bits per heavy atom. The molecule has 5 atom stereocenters. The number of aryl methyl sites for hydroxylation is 1. The number of unbranched alkanes of at least 4 members (excludes halogenated alkanes) is 1. The molecule has 4 amide bonds. The number of amides is 4. The first kappa shape index (κ1) is 37.4. The van der Waals surface area contributed by atoms with Gasteiger partial charge in [0.25, 0.3) is 0 Å². The summed E-state index contributed by atoms with van der Waals surface area (Å²) >= 11 is 0. The predicted octanol–water partition coefficient (Wildman–Crippen LogP) is 3.82. The molecule has 10 nitrogen and oxygen atoms in total. The lowest BCUT2D eigenvalue weighted by atomic mass is 9.95. The third kappa shape index (κ3) is 14.2. The number of carbonyl (C=O) groups excluding carboxylic acids is 4. The van der Waals surface area contributed by atoms with Crippen LogP contribution in [0.2, 0.25) is 0 Å². The minimum atomic E-state index is -1.19. The van der Waals surface area contributed by atoms with Crippen molar-refractivity contribution in [2.24, 2.45) is 11.8 Å². The van der Waals surface area contributed by atoms with Crippen LogP contribution in [0, 0.1) is 11.8 Å². The van der Waals surface area contributed by atoms with Crippen LogP contribution in [0.15, 0.2) is 54.7 Å². The van der Waals surface area contributed by atoms with Gasteiger partial charge in [0, 0.05) is 12.6 Å². The number of aromatic nitrogens is 1. The van der Waals surface area contributed by atoms with Crippen LogP contribution in [0.3, 0.4) is 0 Å². The zero-order valence-electron chi connectivity index (χ0n) is 27.6. The van der Waals surface area contributed by atoms with E-state index in [2.05, 4.69) is 26.3 Å². The van der Waals surface area contributed by atoms with E-state index in [1.54, 1.807) is 18.3 Å². The van der Waals surface area contributed by atoms with Crippen LogP contribution < -0.4 is 21.3 Å². The van der Waals surface area contributed by atoms with Crippen molar-refractivity contribution in [1.82, 2.24) is 26.3 Å². The number of carbonyl (C=O) groups is 4. The SMILES string of the molecule is CCCC[C@H](NC(=O)CCc1ccccc1)C(=O)N[C@@H](CC(C)C)[C@@H](O)CC(=O)N[C@H](C(=O)NCc1ccccn1)[C@H](C)CC. The van der Waals surface area contributed by atoms with Gasteiger partial charge in [0.15, 0.2) is 0 Å². The molecule has 0 aliphatic carbocycles. The second-order valence-corrected chi connectivity index (χ2v) is 12.2. The van der Waals surface area contributed by atoms with Gasteiger partial charge in [0.1, 0.15) is 12.1 Å². The average Bonchev–Trinajstić information content (AvgIpc) is 3.03. The number of aliphatic hydroxyl groups excluding tert-OH is 1. The van der Waals surface area contributed by atoms with Gasteiger partial charge in [-0.2, -0.15) is 0 Å². The quantitative estimate of drug-likeness (QED) is 0.151. The zero-order valence-corrected chi connectivity index (χ0v) is 27.6. The number of benzene rings is 1. The Bertz CT molecular complexity index is 1180. The molecular formula is C35H53N5O5. The van der Waals surface area contributed by atoms with E-state index in [9.17, 15) is 24.3 Å². The molecule has 1 heterocycles. The summed E-state index contributed by atoms with van der Waals surface area (Å²) in [5.41, 5.74) is 1.74. The first-order valence-electron chi connectivity index (χ1n) is 16.3. The highest BCUT2D eigenvalue weighted by Gasteiger charge is 2.31. The Morgan fingerprint density at radius 1 is 0.867 bits per heavy atom. The molecule has 2 rings (SSSR count). The van der Waals surface area contributed by atoms with Crippen molar-refractivity contribution < 1.29 is 24.3 Å². The Labute approximate surface area is 268 Å². The lowest BCUT2D eigenvalue weighted by Crippen LogP contribution is -2.54. The largest absolute Gasteiger partial charge is 0.390 e. The molecule has 0 radical (unpaired) electrons. The van der Waals surface area contributed by atoms with Crippen LogP contribution in [0.25, 0.3) is 0 Å². The number of pyridine rings is 1. The Morgan fingerprint density at radius 3 is 2.20 bits per heavy atom. The van der Waals surface area contributed by atoms with E-state index in [1.165, 1.54) is 0 Å². The van der Waals surface area contributed by atoms with Crippen LogP contribution >= 0.6 is 0 Å². The average molecular weight is 624 g/mol. The van der Waals surface area contributed by atoms with Crippen LogP contribution in [0.5, 0.6) is 0 Å². The normalized spacial score (nSPS) is 14.5. The zero-order chi connectivity index (χ0) is 33.2. The highest BCUT2D eigenvalue weighted by atomic mass is 16.3. The first-order chi connectivity index (χ1) is 21.5. The molecular weight excluding hydrogens is 570 g/mol. The van der Waals surface area contributed by atoms with Crippen molar-refractivity contribution in [3.8, 4) is 0 Å². The van der Waals surface area contributed by atoms with Crippen molar-refractivity contribution in [2.75, 3.05) is 0 Å². The number of hydrogen-bond acceptors (Lipinski definition) is 6. The fourth-order valence-corrected chi connectivity index (χ4v) is 5.01. The lowest BCUT2D eigenvalue weighted by Gasteiger charge is -2.29. The lowest BCUT2D eigenvalue weighted by molar-refractivity contribution is -0.132. The van der Waals surface area contributed by atoms with E-state index >= 15 is 0 Å². The molecule has 0 fully saturated rings. The minimum absolute atomic E-state index is 0.118. The van der Waals surface area contributed by atoms with Gasteiger partial charge in [-0.3, -0.25) is 24.2 Å². The second kappa shape index (κ2) is 20.3. The number of nitrogens with one attached hydrogen (secondary N) is 4. The fourth-order valence-electron chi connectivity index (χ4n) is 5.01. The monoisotopic (exact) mass is 623 g/mol. The molecule has 1 aromatic carbocycles. The topological polar surface area (TPSA) is 150 Å². The summed E-state index contributed by atoms with van der Waals surface area (Å²) in [6, 6.07) is 12.9. The van der Waals surface area contributed by atoms with Gasteiger partial charge in [0.05, 0.1) is 30.8 Å². The van der Waals surface area contributed by atoms with Gasteiger partial charge in [-0.15, -0.1) is 0 Å². The Balaban J connectivity index is 2.03. The molecule has 0 bridgehead atoms. The van der Waals surface area contributed by atoms with Crippen LogP contribution in [0.1, 0.15) is 90.8 Å². The minimum Gasteiger partial charge on any atom is -0.390 e. The second-order valence-electron chi connectivity index (χ2n) is 12.2. The molecule has 10 heteroatoms. The summed E-state index contributed by atoms with van der Waals surface area (Å²) in [5.74, 6) is -1.44. The smallest absolute Gasteiger partial charge is 0.243 e. The van der Waals surface area contributed by atoms with Gasteiger partial charge in [-0.25, -0.2) is 0 Å². The summed E-state index contributed by atoms with van der Waals surface area (Å²) in [6.07, 6.45) is 4.15. The van der Waals surface area contributed by atoms with Crippen molar-refractivity contribution in [2.45, 2.75) is 117 Å². The van der Waals surface area contributed by atoms with Crippen LogP contribution in [0.4, 0.5) is 0 Å². The summed E-state index contributed by atoms with van der Waals surface area (Å²) < 4.78 is 0. The fraction of sp³-hybridized carbons (Fsp3) is 0.571. The number of nitrogens with zero attached hydrogens (tertiary/aromatic N) is 1. The summed E-state index contributed by atoms with van der Waals surface area (Å²) in [5, 5.41) is 22.6. The molecule has 248 valence electrons. The van der Waals surface area contributed by atoms with Gasteiger partial charge >= 0.3 is 0 Å². The van der Waals surface area contributed by atoms with Gasteiger partial charge < -0.3 is 26.4 Å². The molecule has 5 N–H and O–H groups in total. The Kier molecular flexibility index (Phi) is 16.9. The van der Waals surface area contributed by atoms with E-state index in [4.69, 9.17) is 0 Å². The highest BCUT2D eigenvalue weighted by Crippen LogP contribution is 2.14. The molecule has 0 unspecified atom stereocenters. The number of hydrogen-bond donors (Lipinski definition) is 5. The van der Waals surface area contributed by atoms with E-state index < -0.39 is 30.1 Å². The van der Waals surface area contributed by atoms with E-state index in [0.29, 0.717) is 31.4 Å². The summed E-state index contributed by atoms with van der Waals surface area (Å²) in [7, 11) is 0. The maximum absolute atomic E-state index is 13.4. The summed E-state index contributed by atoms with van der Waals surface area (Å²) in [4.78, 5) is 56.6. The standard InChI is InChI=1S/C35H53N5O5/c1-6-8-17-28(38-31(42)19-18-26-14-10-9-11-15-26)34(44)39-29(21-24(3)4)30(41)22-32(43)40-33(25(5)7-2)35(45)37-23-27-16-12-13-20-36-27/h9-16,20,24-25,28-30,33,41H,6-8,17-19,21-23H2,1-5H3,(H,37,45)(H,38,42)(H,39,44)(H,40,43)/t25-,28+,29+,30+,33+/m1/s1. The van der Waals surface area contributed by atoms with Crippen LogP contribution in [-0.2, 0) is 32.1 Å². The molecule has 0 aliphatic rings. The highest BCUT2D eigenvalue weighted by molar-refractivity contribution is 5.89. The summed E-state index contributed by atoms with van der Waals surface area (Å²) in [6.45, 7) is 10.0. The first-order valence-corrected chi connectivity index (χ1v) is 16.3. The maximum atomic E-state index is 13.4. The van der Waals surface area contributed by atoms with E-state index in [1.807, 2.05) is 71.0 Å². The van der Waals surface area contributed by atoms with Crippen molar-refractivity contribution in [1.29, 1.82) is 0 Å². The van der Waals surface area contributed by atoms with Crippen molar-refractivity contribution in [3.63, 3.8) is 0 Å². The molecule has 2 aromatic rings. The Hall–Kier alpha value is -3.79. The third-order valence-corrected chi connectivity index (χ3v) is 7.88. The molecule has 1 aromatic heterocycles. The van der Waals surface area contributed by atoms with E-state index in [-0.39, 0.29) is 48.9 Å².